The topological polar surface area (TPSA) is 37.3 Å². The van der Waals surface area contributed by atoms with Gasteiger partial charge in [-0.1, -0.05) is 40.0 Å². The minimum atomic E-state index is 0.188. The van der Waals surface area contributed by atoms with Crippen molar-refractivity contribution in [1.82, 2.24) is 0 Å². The van der Waals surface area contributed by atoms with Crippen LogP contribution in [-0.2, 0) is 0 Å². The standard InChI is InChI=1S/C16H24O2/c1-4-5-6-7-8-15(17)13-9-10-16(18)14(11-13)12(2)3/h9-12,18H,4-8H2,1-3H3. The van der Waals surface area contributed by atoms with Crippen molar-refractivity contribution >= 4 is 5.78 Å². The maximum atomic E-state index is 12.0. The number of Topliss-reactive ketones (excluding diaryl/α,β-unsaturated/α-hetero) is 1. The molecule has 0 saturated carbocycles. The third kappa shape index (κ3) is 4.17. The second kappa shape index (κ2) is 7.20. The molecule has 0 amide bonds. The SMILES string of the molecule is CCCCCCC(=O)c1ccc(O)c(C(C)C)c1. The number of carbonyl (C=O) groups excluding carboxylic acids is 1. The number of benzene rings is 1. The lowest BCUT2D eigenvalue weighted by Gasteiger charge is -2.10. The molecule has 0 radical (unpaired) electrons. The largest absolute Gasteiger partial charge is 0.508 e. The highest BCUT2D eigenvalue weighted by Gasteiger charge is 2.11. The zero-order chi connectivity index (χ0) is 13.5. The summed E-state index contributed by atoms with van der Waals surface area (Å²) in [6.45, 7) is 6.20. The van der Waals surface area contributed by atoms with Gasteiger partial charge in [0.1, 0.15) is 5.75 Å². The van der Waals surface area contributed by atoms with E-state index in [9.17, 15) is 9.90 Å². The van der Waals surface area contributed by atoms with E-state index in [0.717, 1.165) is 24.0 Å². The first-order valence-corrected chi connectivity index (χ1v) is 6.92. The summed E-state index contributed by atoms with van der Waals surface area (Å²) in [6, 6.07) is 5.19. The summed E-state index contributed by atoms with van der Waals surface area (Å²) in [4.78, 5) is 12.0. The number of hydrogen-bond donors (Lipinski definition) is 1. The number of hydrogen-bond acceptors (Lipinski definition) is 2. The number of rotatable bonds is 7. The van der Waals surface area contributed by atoms with Crippen molar-refractivity contribution in [3.8, 4) is 5.75 Å². The van der Waals surface area contributed by atoms with E-state index in [1.807, 2.05) is 19.9 Å². The van der Waals surface area contributed by atoms with Crippen LogP contribution < -0.4 is 0 Å². The smallest absolute Gasteiger partial charge is 0.162 e. The maximum Gasteiger partial charge on any atom is 0.162 e. The van der Waals surface area contributed by atoms with E-state index in [-0.39, 0.29) is 17.5 Å². The lowest BCUT2D eigenvalue weighted by atomic mass is 9.96. The van der Waals surface area contributed by atoms with Crippen LogP contribution in [0.4, 0.5) is 0 Å². The van der Waals surface area contributed by atoms with E-state index in [2.05, 4.69) is 6.92 Å². The van der Waals surface area contributed by atoms with Gasteiger partial charge in [-0.2, -0.15) is 0 Å². The first-order chi connectivity index (χ1) is 8.56. The average molecular weight is 248 g/mol. The van der Waals surface area contributed by atoms with Gasteiger partial charge in [-0.25, -0.2) is 0 Å². The van der Waals surface area contributed by atoms with E-state index in [0.29, 0.717) is 6.42 Å². The highest BCUT2D eigenvalue weighted by atomic mass is 16.3. The maximum absolute atomic E-state index is 12.0. The number of unbranched alkanes of at least 4 members (excludes halogenated alkanes) is 3. The van der Waals surface area contributed by atoms with Crippen molar-refractivity contribution in [3.63, 3.8) is 0 Å². The third-order valence-corrected chi connectivity index (χ3v) is 3.23. The second-order valence-electron chi connectivity index (χ2n) is 5.16. The molecule has 0 saturated heterocycles. The fraction of sp³-hybridized carbons (Fsp3) is 0.562. The average Bonchev–Trinajstić information content (AvgIpc) is 2.34. The van der Waals surface area contributed by atoms with Gasteiger partial charge in [-0.15, -0.1) is 0 Å². The predicted octanol–water partition coefficient (Wildman–Crippen LogP) is 4.67. The molecule has 0 aliphatic carbocycles. The van der Waals surface area contributed by atoms with Crippen LogP contribution in [0.1, 0.15) is 74.7 Å². The van der Waals surface area contributed by atoms with Crippen molar-refractivity contribution in [2.45, 2.75) is 58.8 Å². The Kier molecular flexibility index (Phi) is 5.90. The highest BCUT2D eigenvalue weighted by Crippen LogP contribution is 2.26. The molecule has 1 aromatic rings. The van der Waals surface area contributed by atoms with Gasteiger partial charge in [0.15, 0.2) is 5.78 Å². The normalized spacial score (nSPS) is 10.9. The Labute approximate surface area is 110 Å². The molecule has 0 heterocycles. The molecule has 1 aromatic carbocycles. The van der Waals surface area contributed by atoms with Gasteiger partial charge >= 0.3 is 0 Å². The summed E-state index contributed by atoms with van der Waals surface area (Å²) in [6.07, 6.45) is 5.08. The summed E-state index contributed by atoms with van der Waals surface area (Å²) in [7, 11) is 0. The van der Waals surface area contributed by atoms with Gasteiger partial charge in [-0.05, 0) is 36.1 Å². The lowest BCUT2D eigenvalue weighted by molar-refractivity contribution is 0.0979. The summed E-state index contributed by atoms with van der Waals surface area (Å²) in [5, 5.41) is 9.72. The fourth-order valence-electron chi connectivity index (χ4n) is 2.05. The summed E-state index contributed by atoms with van der Waals surface area (Å²) in [5.74, 6) is 0.707. The molecule has 0 atom stereocenters. The summed E-state index contributed by atoms with van der Waals surface area (Å²) in [5.41, 5.74) is 1.59. The fourth-order valence-corrected chi connectivity index (χ4v) is 2.05. The van der Waals surface area contributed by atoms with Crippen LogP contribution in [0, 0.1) is 0 Å². The number of phenols is 1. The van der Waals surface area contributed by atoms with Crippen LogP contribution in [0.15, 0.2) is 18.2 Å². The second-order valence-corrected chi connectivity index (χ2v) is 5.16. The number of ketones is 1. The van der Waals surface area contributed by atoms with Crippen molar-refractivity contribution < 1.29 is 9.90 Å². The van der Waals surface area contributed by atoms with Gasteiger partial charge in [0, 0.05) is 12.0 Å². The lowest BCUT2D eigenvalue weighted by Crippen LogP contribution is -2.01. The molecule has 0 spiro atoms. The summed E-state index contributed by atoms with van der Waals surface area (Å²) >= 11 is 0. The molecule has 2 heteroatoms. The number of aromatic hydroxyl groups is 1. The molecule has 0 aliphatic rings. The molecule has 18 heavy (non-hydrogen) atoms. The van der Waals surface area contributed by atoms with Gasteiger partial charge in [0.05, 0.1) is 0 Å². The van der Waals surface area contributed by atoms with Crippen molar-refractivity contribution in [3.05, 3.63) is 29.3 Å². The number of phenolic OH excluding ortho intramolecular Hbond substituents is 1. The molecule has 0 unspecified atom stereocenters. The van der Waals surface area contributed by atoms with Gasteiger partial charge in [0.2, 0.25) is 0 Å². The van der Waals surface area contributed by atoms with Crippen LogP contribution in [0.3, 0.4) is 0 Å². The van der Waals surface area contributed by atoms with Gasteiger partial charge < -0.3 is 5.11 Å². The molecular weight excluding hydrogens is 224 g/mol. The van der Waals surface area contributed by atoms with Crippen molar-refractivity contribution in [1.29, 1.82) is 0 Å². The van der Waals surface area contributed by atoms with Crippen LogP contribution in [0.5, 0.6) is 5.75 Å². The molecule has 100 valence electrons. The number of carbonyl (C=O) groups is 1. The van der Waals surface area contributed by atoms with Crippen LogP contribution in [0.2, 0.25) is 0 Å². The van der Waals surface area contributed by atoms with Crippen molar-refractivity contribution in [2.24, 2.45) is 0 Å². The molecular formula is C16H24O2. The van der Waals surface area contributed by atoms with Gasteiger partial charge in [-0.3, -0.25) is 4.79 Å². The Morgan fingerprint density at radius 1 is 1.22 bits per heavy atom. The molecule has 1 N–H and O–H groups in total. The van der Waals surface area contributed by atoms with Gasteiger partial charge in [0.25, 0.3) is 0 Å². The van der Waals surface area contributed by atoms with Crippen molar-refractivity contribution in [2.75, 3.05) is 0 Å². The zero-order valence-electron chi connectivity index (χ0n) is 11.7. The Bertz CT molecular complexity index is 394. The Hall–Kier alpha value is -1.31. The Balaban J connectivity index is 2.66. The monoisotopic (exact) mass is 248 g/mol. The Morgan fingerprint density at radius 3 is 2.56 bits per heavy atom. The minimum absolute atomic E-state index is 0.188. The Morgan fingerprint density at radius 2 is 1.94 bits per heavy atom. The van der Waals surface area contributed by atoms with E-state index in [4.69, 9.17) is 0 Å². The van der Waals surface area contributed by atoms with Crippen LogP contribution in [-0.4, -0.2) is 10.9 Å². The predicted molar refractivity (Wildman–Crippen MR) is 75.3 cm³/mol. The molecule has 1 rings (SSSR count). The van der Waals surface area contributed by atoms with E-state index in [1.54, 1.807) is 12.1 Å². The third-order valence-electron chi connectivity index (χ3n) is 3.23. The van der Waals surface area contributed by atoms with E-state index < -0.39 is 0 Å². The highest BCUT2D eigenvalue weighted by molar-refractivity contribution is 5.96. The first-order valence-electron chi connectivity index (χ1n) is 6.92. The molecule has 2 nitrogen and oxygen atoms in total. The summed E-state index contributed by atoms with van der Waals surface area (Å²) < 4.78 is 0. The van der Waals surface area contributed by atoms with E-state index >= 15 is 0 Å². The van der Waals surface area contributed by atoms with E-state index in [1.165, 1.54) is 12.8 Å². The molecule has 0 aliphatic heterocycles. The molecule has 0 bridgehead atoms. The zero-order valence-corrected chi connectivity index (χ0v) is 11.7. The molecule has 0 aromatic heterocycles. The minimum Gasteiger partial charge on any atom is -0.508 e. The van der Waals surface area contributed by atoms with Crippen LogP contribution in [0.25, 0.3) is 0 Å². The quantitative estimate of drug-likeness (QED) is 0.562. The molecule has 0 fully saturated rings. The van der Waals surface area contributed by atoms with Crippen LogP contribution >= 0.6 is 0 Å². The first kappa shape index (κ1) is 14.7.